The van der Waals surface area contributed by atoms with Gasteiger partial charge < -0.3 is 15.5 Å². The van der Waals surface area contributed by atoms with Crippen molar-refractivity contribution in [2.24, 2.45) is 0 Å². The fraction of sp³-hybridized carbons (Fsp3) is 0.538. The molecule has 0 aliphatic carbocycles. The number of carboxylic acids is 1. The van der Waals surface area contributed by atoms with Gasteiger partial charge in [0.05, 0.1) is 16.9 Å². The minimum atomic E-state index is -0.987. The largest absolute Gasteiger partial charge is 0.478 e. The summed E-state index contributed by atoms with van der Waals surface area (Å²) in [5.74, 6) is -0.987. The molecule has 0 spiro atoms. The van der Waals surface area contributed by atoms with E-state index in [0.29, 0.717) is 6.54 Å². The highest BCUT2D eigenvalue weighted by Crippen LogP contribution is 2.20. The van der Waals surface area contributed by atoms with Crippen molar-refractivity contribution in [3.05, 3.63) is 29.6 Å². The zero-order valence-corrected chi connectivity index (χ0v) is 11.2. The number of aliphatic hydroxyl groups is 1. The zero-order chi connectivity index (χ0) is 14.0. The lowest BCUT2D eigenvalue weighted by atomic mass is 9.86. The lowest BCUT2D eigenvalue weighted by Crippen LogP contribution is -2.55. The van der Waals surface area contributed by atoms with Crippen LogP contribution in [0.5, 0.6) is 0 Å². The van der Waals surface area contributed by atoms with E-state index < -0.39 is 17.1 Å². The summed E-state index contributed by atoms with van der Waals surface area (Å²) in [6.07, 6.45) is 1.33. The third-order valence-electron chi connectivity index (χ3n) is 3.31. The monoisotopic (exact) mass is 252 g/mol. The Morgan fingerprint density at radius 1 is 1.33 bits per heavy atom. The number of carboxylic acid groups (broad SMARTS) is 1. The Morgan fingerprint density at radius 3 is 2.33 bits per heavy atom. The Hall–Kier alpha value is -1.46. The standard InChI is InChI=1S/C13H20N2O3/c1-12(2,13(3,4)18)15-8-10-6-5-9(7-14-10)11(16)17/h5-7,15,18H,8H2,1-4H3,(H,16,17). The number of nitrogens with zero attached hydrogens (tertiary/aromatic N) is 1. The summed E-state index contributed by atoms with van der Waals surface area (Å²) in [4.78, 5) is 14.7. The Kier molecular flexibility index (Phi) is 4.09. The van der Waals surface area contributed by atoms with Crippen molar-refractivity contribution in [2.45, 2.75) is 45.4 Å². The average molecular weight is 252 g/mol. The molecule has 0 unspecified atom stereocenters. The van der Waals surface area contributed by atoms with E-state index >= 15 is 0 Å². The van der Waals surface area contributed by atoms with Gasteiger partial charge in [0.1, 0.15) is 0 Å². The predicted molar refractivity (Wildman–Crippen MR) is 68.4 cm³/mol. The van der Waals surface area contributed by atoms with Crippen LogP contribution in [0.25, 0.3) is 0 Å². The van der Waals surface area contributed by atoms with E-state index in [-0.39, 0.29) is 5.56 Å². The molecule has 0 aromatic carbocycles. The first kappa shape index (κ1) is 14.6. The van der Waals surface area contributed by atoms with Gasteiger partial charge in [-0.05, 0) is 39.8 Å². The van der Waals surface area contributed by atoms with E-state index in [0.717, 1.165) is 5.69 Å². The van der Waals surface area contributed by atoms with Crippen LogP contribution in [0.3, 0.4) is 0 Å². The second-order valence-corrected chi connectivity index (χ2v) is 5.38. The Morgan fingerprint density at radius 2 is 1.94 bits per heavy atom. The molecule has 5 nitrogen and oxygen atoms in total. The van der Waals surface area contributed by atoms with Crippen LogP contribution in [-0.4, -0.2) is 32.3 Å². The lowest BCUT2D eigenvalue weighted by Gasteiger charge is -2.38. The number of nitrogens with one attached hydrogen (secondary N) is 1. The third kappa shape index (κ3) is 3.51. The molecule has 0 atom stereocenters. The van der Waals surface area contributed by atoms with Gasteiger partial charge in [-0.1, -0.05) is 0 Å². The van der Waals surface area contributed by atoms with Gasteiger partial charge in [0.2, 0.25) is 0 Å². The van der Waals surface area contributed by atoms with Gasteiger partial charge >= 0.3 is 5.97 Å². The molecule has 0 amide bonds. The first-order chi connectivity index (χ1) is 8.13. The van der Waals surface area contributed by atoms with Gasteiger partial charge in [-0.3, -0.25) is 4.98 Å². The highest BCUT2D eigenvalue weighted by atomic mass is 16.4. The smallest absolute Gasteiger partial charge is 0.337 e. The predicted octanol–water partition coefficient (Wildman–Crippen LogP) is 1.42. The summed E-state index contributed by atoms with van der Waals surface area (Å²) < 4.78 is 0. The van der Waals surface area contributed by atoms with Crippen molar-refractivity contribution in [1.82, 2.24) is 10.3 Å². The van der Waals surface area contributed by atoms with Gasteiger partial charge in [-0.15, -0.1) is 0 Å². The van der Waals surface area contributed by atoms with Crippen LogP contribution in [-0.2, 0) is 6.54 Å². The van der Waals surface area contributed by atoms with Crippen molar-refractivity contribution in [1.29, 1.82) is 0 Å². The fourth-order valence-electron chi connectivity index (χ4n) is 1.18. The second kappa shape index (κ2) is 5.04. The van der Waals surface area contributed by atoms with Crippen LogP contribution in [0, 0.1) is 0 Å². The molecule has 0 aliphatic heterocycles. The highest BCUT2D eigenvalue weighted by Gasteiger charge is 2.34. The summed E-state index contributed by atoms with van der Waals surface area (Å²) in [5.41, 5.74) is -0.438. The number of pyridine rings is 1. The van der Waals surface area contributed by atoms with Gasteiger partial charge in [-0.2, -0.15) is 0 Å². The van der Waals surface area contributed by atoms with Crippen LogP contribution in [0.2, 0.25) is 0 Å². The number of aromatic carboxylic acids is 1. The van der Waals surface area contributed by atoms with E-state index in [1.807, 2.05) is 13.8 Å². The molecule has 1 aromatic heterocycles. The normalized spacial score (nSPS) is 12.5. The number of carbonyl (C=O) groups is 1. The maximum Gasteiger partial charge on any atom is 0.337 e. The Labute approximate surface area is 107 Å². The van der Waals surface area contributed by atoms with Gasteiger partial charge in [0.15, 0.2) is 0 Å². The van der Waals surface area contributed by atoms with E-state index in [4.69, 9.17) is 5.11 Å². The minimum absolute atomic E-state index is 0.167. The molecule has 100 valence electrons. The zero-order valence-electron chi connectivity index (χ0n) is 11.2. The number of hydrogen-bond donors (Lipinski definition) is 3. The van der Waals surface area contributed by atoms with Crippen LogP contribution in [0.4, 0.5) is 0 Å². The molecule has 5 heteroatoms. The van der Waals surface area contributed by atoms with Gasteiger partial charge in [0.25, 0.3) is 0 Å². The summed E-state index contributed by atoms with van der Waals surface area (Å²) in [6, 6.07) is 3.18. The number of rotatable bonds is 5. The molecule has 0 aliphatic rings. The average Bonchev–Trinajstić information content (AvgIpc) is 2.25. The second-order valence-electron chi connectivity index (χ2n) is 5.38. The SMILES string of the molecule is CC(C)(O)C(C)(C)NCc1ccc(C(=O)O)cn1. The first-order valence-electron chi connectivity index (χ1n) is 5.79. The van der Waals surface area contributed by atoms with Crippen molar-refractivity contribution in [3.8, 4) is 0 Å². The van der Waals surface area contributed by atoms with E-state index in [1.165, 1.54) is 12.3 Å². The molecule has 0 radical (unpaired) electrons. The molecule has 0 saturated carbocycles. The topological polar surface area (TPSA) is 82.5 Å². The van der Waals surface area contributed by atoms with Crippen LogP contribution in [0.1, 0.15) is 43.7 Å². The van der Waals surface area contributed by atoms with E-state index in [1.54, 1.807) is 19.9 Å². The molecular formula is C13H20N2O3. The van der Waals surface area contributed by atoms with Crippen molar-refractivity contribution in [2.75, 3.05) is 0 Å². The van der Waals surface area contributed by atoms with Gasteiger partial charge in [0, 0.05) is 18.3 Å². The number of aromatic nitrogens is 1. The van der Waals surface area contributed by atoms with Crippen LogP contribution < -0.4 is 5.32 Å². The fourth-order valence-corrected chi connectivity index (χ4v) is 1.18. The quantitative estimate of drug-likeness (QED) is 0.738. The van der Waals surface area contributed by atoms with Gasteiger partial charge in [-0.25, -0.2) is 4.79 Å². The molecule has 0 bridgehead atoms. The van der Waals surface area contributed by atoms with Crippen LogP contribution in [0.15, 0.2) is 18.3 Å². The third-order valence-corrected chi connectivity index (χ3v) is 3.31. The molecule has 3 N–H and O–H groups in total. The molecule has 0 saturated heterocycles. The molecule has 0 fully saturated rings. The molecule has 1 aromatic rings. The Balaban J connectivity index is 2.67. The number of hydrogen-bond acceptors (Lipinski definition) is 4. The van der Waals surface area contributed by atoms with Crippen molar-refractivity contribution < 1.29 is 15.0 Å². The van der Waals surface area contributed by atoms with Crippen molar-refractivity contribution >= 4 is 5.97 Å². The molecular weight excluding hydrogens is 232 g/mol. The molecule has 1 rings (SSSR count). The molecule has 1 heterocycles. The lowest BCUT2D eigenvalue weighted by molar-refractivity contribution is -0.00545. The summed E-state index contributed by atoms with van der Waals surface area (Å²) in [6.45, 7) is 7.75. The minimum Gasteiger partial charge on any atom is -0.478 e. The van der Waals surface area contributed by atoms with Crippen LogP contribution >= 0.6 is 0 Å². The summed E-state index contributed by atoms with van der Waals surface area (Å²) in [5, 5.41) is 21.9. The van der Waals surface area contributed by atoms with Crippen molar-refractivity contribution in [3.63, 3.8) is 0 Å². The summed E-state index contributed by atoms with van der Waals surface area (Å²) in [7, 11) is 0. The maximum absolute atomic E-state index is 10.7. The molecule has 18 heavy (non-hydrogen) atoms. The maximum atomic E-state index is 10.7. The summed E-state index contributed by atoms with van der Waals surface area (Å²) >= 11 is 0. The van der Waals surface area contributed by atoms with E-state index in [9.17, 15) is 9.90 Å². The Bertz CT molecular complexity index is 419. The first-order valence-corrected chi connectivity index (χ1v) is 5.79. The highest BCUT2D eigenvalue weighted by molar-refractivity contribution is 5.87. The van der Waals surface area contributed by atoms with E-state index in [2.05, 4.69) is 10.3 Å².